The fourth-order valence-corrected chi connectivity index (χ4v) is 3.53. The zero-order valence-electron chi connectivity index (χ0n) is 14.6. The van der Waals surface area contributed by atoms with Crippen molar-refractivity contribution in [1.82, 2.24) is 14.9 Å². The summed E-state index contributed by atoms with van der Waals surface area (Å²) in [5.74, 6) is -0.295. The molecule has 2 aromatic heterocycles. The van der Waals surface area contributed by atoms with Gasteiger partial charge in [-0.15, -0.1) is 0 Å². The zero-order valence-corrected chi connectivity index (χ0v) is 15.4. The Balaban J connectivity index is 1.31. The molecule has 0 fully saturated rings. The van der Waals surface area contributed by atoms with Crippen LogP contribution in [0.25, 0.3) is 21.8 Å². The number of H-pyrrole nitrogens is 1. The Bertz CT molecular complexity index is 1120. The average molecular weight is 384 g/mol. The highest BCUT2D eigenvalue weighted by Gasteiger charge is 2.07. The van der Waals surface area contributed by atoms with Gasteiger partial charge in [0.15, 0.2) is 0 Å². The maximum Gasteiger partial charge on any atom is 0.221 e. The molecule has 0 unspecified atom stereocenters. The molecular formula is C21H19ClFN3O. The van der Waals surface area contributed by atoms with Gasteiger partial charge >= 0.3 is 0 Å². The van der Waals surface area contributed by atoms with Crippen LogP contribution in [0.2, 0.25) is 5.02 Å². The summed E-state index contributed by atoms with van der Waals surface area (Å²) in [7, 11) is 0. The topological polar surface area (TPSA) is 49.8 Å². The van der Waals surface area contributed by atoms with Crippen LogP contribution >= 0.6 is 11.6 Å². The number of benzene rings is 2. The van der Waals surface area contributed by atoms with E-state index in [1.165, 1.54) is 12.1 Å². The van der Waals surface area contributed by atoms with Gasteiger partial charge in [-0.25, -0.2) is 4.39 Å². The van der Waals surface area contributed by atoms with Gasteiger partial charge in [0.1, 0.15) is 5.82 Å². The van der Waals surface area contributed by atoms with E-state index in [0.717, 1.165) is 33.8 Å². The molecule has 0 aliphatic rings. The van der Waals surface area contributed by atoms with Crippen LogP contribution in [0, 0.1) is 5.82 Å². The highest BCUT2D eigenvalue weighted by molar-refractivity contribution is 6.31. The summed E-state index contributed by atoms with van der Waals surface area (Å²) in [5, 5.41) is 5.69. The molecule has 4 rings (SSSR count). The van der Waals surface area contributed by atoms with E-state index in [1.54, 1.807) is 6.07 Å². The Hall–Kier alpha value is -2.79. The lowest BCUT2D eigenvalue weighted by Gasteiger charge is -2.07. The number of nitrogens with zero attached hydrogens (tertiary/aromatic N) is 1. The van der Waals surface area contributed by atoms with Crippen molar-refractivity contribution in [3.05, 3.63) is 71.3 Å². The molecule has 2 N–H and O–H groups in total. The largest absolute Gasteiger partial charge is 0.361 e. The van der Waals surface area contributed by atoms with Gasteiger partial charge in [0.2, 0.25) is 5.91 Å². The van der Waals surface area contributed by atoms with Crippen molar-refractivity contribution in [3.63, 3.8) is 0 Å². The molecule has 0 bridgehead atoms. The Morgan fingerprint density at radius 2 is 2.07 bits per heavy atom. The lowest BCUT2D eigenvalue weighted by atomic mass is 10.1. The van der Waals surface area contributed by atoms with Crippen molar-refractivity contribution in [3.8, 4) is 0 Å². The summed E-state index contributed by atoms with van der Waals surface area (Å²) >= 11 is 6.06. The number of aromatic nitrogens is 2. The van der Waals surface area contributed by atoms with Crippen molar-refractivity contribution >= 4 is 39.3 Å². The molecule has 4 nitrogen and oxygen atoms in total. The maximum absolute atomic E-state index is 13.4. The highest BCUT2D eigenvalue weighted by Crippen LogP contribution is 2.22. The van der Waals surface area contributed by atoms with E-state index < -0.39 is 0 Å². The molecule has 0 aliphatic carbocycles. The minimum absolute atomic E-state index is 0.0221. The highest BCUT2D eigenvalue weighted by atomic mass is 35.5. The standard InChI is InChI=1S/C21H19ClFN3O/c22-16-2-4-19-18(11-16)15(13-25-19)5-8-24-21(27)7-10-26-9-6-14-1-3-17(23)12-20(14)26/h1-4,6,9,11-13,25H,5,7-8,10H2,(H,24,27). The van der Waals surface area contributed by atoms with Crippen LogP contribution in [0.3, 0.4) is 0 Å². The second kappa shape index (κ2) is 7.45. The number of fused-ring (bicyclic) bond motifs is 2. The van der Waals surface area contributed by atoms with Crippen LogP contribution in [0.15, 0.2) is 54.9 Å². The van der Waals surface area contributed by atoms with E-state index in [-0.39, 0.29) is 11.7 Å². The molecule has 2 heterocycles. The first-order valence-corrected chi connectivity index (χ1v) is 9.24. The van der Waals surface area contributed by atoms with Gasteiger partial charge < -0.3 is 14.9 Å². The molecule has 0 radical (unpaired) electrons. The fourth-order valence-electron chi connectivity index (χ4n) is 3.36. The zero-order chi connectivity index (χ0) is 18.8. The molecule has 0 atom stereocenters. The molecule has 2 aromatic carbocycles. The van der Waals surface area contributed by atoms with Crippen molar-refractivity contribution in [1.29, 1.82) is 0 Å². The van der Waals surface area contributed by atoms with E-state index >= 15 is 0 Å². The van der Waals surface area contributed by atoms with Gasteiger partial charge in [-0.1, -0.05) is 11.6 Å². The van der Waals surface area contributed by atoms with Gasteiger partial charge in [0.05, 0.1) is 5.52 Å². The SMILES string of the molecule is O=C(CCn1ccc2ccc(F)cc21)NCCc1c[nH]c2ccc(Cl)cc12. The van der Waals surface area contributed by atoms with Gasteiger partial charge in [-0.3, -0.25) is 4.79 Å². The summed E-state index contributed by atoms with van der Waals surface area (Å²) in [5.41, 5.74) is 2.96. The summed E-state index contributed by atoms with van der Waals surface area (Å²) < 4.78 is 15.3. The minimum atomic E-state index is -0.272. The molecule has 0 saturated carbocycles. The third kappa shape index (κ3) is 3.83. The Kier molecular flexibility index (Phi) is 4.86. The molecule has 4 aromatic rings. The summed E-state index contributed by atoms with van der Waals surface area (Å²) in [6.45, 7) is 1.07. The summed E-state index contributed by atoms with van der Waals surface area (Å²) in [6, 6.07) is 12.3. The molecule has 138 valence electrons. The van der Waals surface area contributed by atoms with Crippen LogP contribution < -0.4 is 5.32 Å². The van der Waals surface area contributed by atoms with Crippen molar-refractivity contribution in [2.75, 3.05) is 6.54 Å². The van der Waals surface area contributed by atoms with Gasteiger partial charge in [-0.05, 0) is 59.8 Å². The predicted octanol–water partition coefficient (Wildman–Crippen LogP) is 4.66. The Morgan fingerprint density at radius 1 is 1.19 bits per heavy atom. The first kappa shape index (κ1) is 17.6. The van der Waals surface area contributed by atoms with E-state index in [0.29, 0.717) is 24.5 Å². The molecule has 0 spiro atoms. The molecule has 0 saturated heterocycles. The van der Waals surface area contributed by atoms with Crippen LogP contribution in [-0.2, 0) is 17.8 Å². The van der Waals surface area contributed by atoms with E-state index in [1.807, 2.05) is 41.2 Å². The average Bonchev–Trinajstić information content (AvgIpc) is 3.23. The monoisotopic (exact) mass is 383 g/mol. The normalized spacial score (nSPS) is 11.3. The Morgan fingerprint density at radius 3 is 2.96 bits per heavy atom. The lowest BCUT2D eigenvalue weighted by Crippen LogP contribution is -2.26. The van der Waals surface area contributed by atoms with Crippen molar-refractivity contribution in [2.24, 2.45) is 0 Å². The molecular weight excluding hydrogens is 365 g/mol. The number of hydrogen-bond donors (Lipinski definition) is 2. The molecule has 6 heteroatoms. The number of halogens is 2. The Labute approximate surface area is 160 Å². The van der Waals surface area contributed by atoms with Gasteiger partial charge in [-0.2, -0.15) is 0 Å². The van der Waals surface area contributed by atoms with Crippen molar-refractivity contribution in [2.45, 2.75) is 19.4 Å². The van der Waals surface area contributed by atoms with Crippen LogP contribution in [0.5, 0.6) is 0 Å². The van der Waals surface area contributed by atoms with E-state index in [4.69, 9.17) is 11.6 Å². The van der Waals surface area contributed by atoms with Crippen LogP contribution in [0.1, 0.15) is 12.0 Å². The predicted molar refractivity (Wildman–Crippen MR) is 107 cm³/mol. The lowest BCUT2D eigenvalue weighted by molar-refractivity contribution is -0.121. The number of amides is 1. The summed E-state index contributed by atoms with van der Waals surface area (Å²) in [6.07, 6.45) is 4.91. The number of aryl methyl sites for hydroxylation is 1. The minimum Gasteiger partial charge on any atom is -0.361 e. The molecule has 27 heavy (non-hydrogen) atoms. The number of nitrogens with one attached hydrogen (secondary N) is 2. The smallest absolute Gasteiger partial charge is 0.221 e. The van der Waals surface area contributed by atoms with Crippen LogP contribution in [-0.4, -0.2) is 22.0 Å². The number of rotatable bonds is 6. The third-order valence-electron chi connectivity index (χ3n) is 4.76. The number of carbonyl (C=O) groups excluding carboxylic acids is 1. The number of carbonyl (C=O) groups is 1. The number of hydrogen-bond acceptors (Lipinski definition) is 1. The van der Waals surface area contributed by atoms with Crippen molar-refractivity contribution < 1.29 is 9.18 Å². The first-order chi connectivity index (χ1) is 13.1. The van der Waals surface area contributed by atoms with Crippen LogP contribution in [0.4, 0.5) is 4.39 Å². The first-order valence-electron chi connectivity index (χ1n) is 8.87. The molecule has 1 amide bonds. The maximum atomic E-state index is 13.4. The third-order valence-corrected chi connectivity index (χ3v) is 5.00. The second-order valence-corrected chi connectivity index (χ2v) is 7.00. The van der Waals surface area contributed by atoms with E-state index in [2.05, 4.69) is 10.3 Å². The second-order valence-electron chi connectivity index (χ2n) is 6.57. The van der Waals surface area contributed by atoms with Gasteiger partial charge in [0, 0.05) is 47.8 Å². The molecule has 0 aliphatic heterocycles. The summed E-state index contributed by atoms with van der Waals surface area (Å²) in [4.78, 5) is 15.4. The quantitative estimate of drug-likeness (QED) is 0.499. The van der Waals surface area contributed by atoms with Gasteiger partial charge in [0.25, 0.3) is 0 Å². The van der Waals surface area contributed by atoms with E-state index in [9.17, 15) is 9.18 Å². The number of aromatic amines is 1. The fraction of sp³-hybridized carbons (Fsp3) is 0.190.